The van der Waals surface area contributed by atoms with Gasteiger partial charge in [-0.1, -0.05) is 47.5 Å². The van der Waals surface area contributed by atoms with Gasteiger partial charge in [0.15, 0.2) is 0 Å². The van der Waals surface area contributed by atoms with Crippen LogP contribution < -0.4 is 5.32 Å². The molecule has 1 fully saturated rings. The number of piperazine rings is 1. The Hall–Kier alpha value is -1.06. The number of hydrogen-bond acceptors (Lipinski definition) is 2. The third-order valence-corrected chi connectivity index (χ3v) is 4.58. The summed E-state index contributed by atoms with van der Waals surface area (Å²) in [6.45, 7) is 10.8. The zero-order chi connectivity index (χ0) is 15.3. The van der Waals surface area contributed by atoms with Crippen molar-refractivity contribution in [3.05, 3.63) is 0 Å². The van der Waals surface area contributed by atoms with E-state index in [9.17, 15) is 9.59 Å². The van der Waals surface area contributed by atoms with Crippen LogP contribution in [-0.2, 0) is 9.59 Å². The Labute approximate surface area is 123 Å². The fourth-order valence-corrected chi connectivity index (χ4v) is 3.09. The molecule has 1 aliphatic rings. The molecular weight excluding hydrogens is 252 g/mol. The lowest BCUT2D eigenvalue weighted by molar-refractivity contribution is -0.159. The number of unbranched alkanes of at least 4 members (excludes halogenated alkanes) is 2. The van der Waals surface area contributed by atoms with Gasteiger partial charge < -0.3 is 10.2 Å². The Morgan fingerprint density at radius 2 is 1.75 bits per heavy atom. The third-order valence-electron chi connectivity index (χ3n) is 4.58. The zero-order valence-electron chi connectivity index (χ0n) is 13.7. The van der Waals surface area contributed by atoms with E-state index in [0.717, 1.165) is 19.3 Å². The molecule has 1 N–H and O–H groups in total. The van der Waals surface area contributed by atoms with Gasteiger partial charge in [0.25, 0.3) is 0 Å². The minimum atomic E-state index is -0.643. The van der Waals surface area contributed by atoms with Crippen LogP contribution in [0.3, 0.4) is 0 Å². The summed E-state index contributed by atoms with van der Waals surface area (Å²) < 4.78 is 0. The van der Waals surface area contributed by atoms with Gasteiger partial charge in [0, 0.05) is 6.54 Å². The molecule has 1 rings (SSSR count). The van der Waals surface area contributed by atoms with Gasteiger partial charge in [-0.05, 0) is 25.2 Å². The Morgan fingerprint density at radius 1 is 1.15 bits per heavy atom. The van der Waals surface area contributed by atoms with Crippen molar-refractivity contribution in [2.75, 3.05) is 6.54 Å². The fraction of sp³-hybridized carbons (Fsp3) is 0.875. The summed E-state index contributed by atoms with van der Waals surface area (Å²) in [5, 5.41) is 2.95. The van der Waals surface area contributed by atoms with Crippen molar-refractivity contribution < 1.29 is 9.59 Å². The van der Waals surface area contributed by atoms with Gasteiger partial charge in [-0.15, -0.1) is 0 Å². The predicted molar refractivity (Wildman–Crippen MR) is 81.3 cm³/mol. The molecule has 0 bridgehead atoms. The van der Waals surface area contributed by atoms with Crippen LogP contribution in [0.15, 0.2) is 0 Å². The van der Waals surface area contributed by atoms with Crippen LogP contribution in [0.1, 0.15) is 66.7 Å². The maximum absolute atomic E-state index is 12.8. The molecular formula is C16H30N2O2. The summed E-state index contributed by atoms with van der Waals surface area (Å²) in [7, 11) is 0. The van der Waals surface area contributed by atoms with Gasteiger partial charge in [-0.3, -0.25) is 9.59 Å². The van der Waals surface area contributed by atoms with E-state index >= 15 is 0 Å². The molecule has 0 aromatic heterocycles. The highest BCUT2D eigenvalue weighted by Gasteiger charge is 2.50. The van der Waals surface area contributed by atoms with Crippen LogP contribution in [0.2, 0.25) is 0 Å². The number of nitrogens with one attached hydrogen (secondary N) is 1. The summed E-state index contributed by atoms with van der Waals surface area (Å²) in [6.07, 6.45) is 4.55. The van der Waals surface area contributed by atoms with Gasteiger partial charge in [-0.2, -0.15) is 0 Å². The third kappa shape index (κ3) is 2.99. The molecule has 1 aliphatic heterocycles. The Kier molecular flexibility index (Phi) is 6.03. The zero-order valence-corrected chi connectivity index (χ0v) is 13.7. The first-order valence-electron chi connectivity index (χ1n) is 8.07. The molecule has 1 heterocycles. The first kappa shape index (κ1) is 17.0. The topological polar surface area (TPSA) is 49.4 Å². The molecule has 0 aromatic carbocycles. The number of carbonyl (C=O) groups excluding carboxylic acids is 2. The first-order chi connectivity index (χ1) is 9.44. The summed E-state index contributed by atoms with van der Waals surface area (Å²) >= 11 is 0. The maximum atomic E-state index is 12.8. The van der Waals surface area contributed by atoms with Crippen molar-refractivity contribution in [1.29, 1.82) is 0 Å². The van der Waals surface area contributed by atoms with E-state index in [2.05, 4.69) is 12.2 Å². The van der Waals surface area contributed by atoms with Crippen molar-refractivity contribution in [2.24, 2.45) is 5.92 Å². The normalized spacial score (nSPS) is 22.3. The lowest BCUT2D eigenvalue weighted by Gasteiger charge is -2.48. The second-order valence-corrected chi connectivity index (χ2v) is 6.13. The van der Waals surface area contributed by atoms with Gasteiger partial charge in [0.05, 0.1) is 0 Å². The predicted octanol–water partition coefficient (Wildman–Crippen LogP) is 2.72. The van der Waals surface area contributed by atoms with Gasteiger partial charge in [0.2, 0.25) is 11.8 Å². The minimum absolute atomic E-state index is 0.0253. The smallest absolute Gasteiger partial charge is 0.246 e. The Bertz CT molecular complexity index is 348. The minimum Gasteiger partial charge on any atom is -0.342 e. The van der Waals surface area contributed by atoms with E-state index in [0.29, 0.717) is 19.4 Å². The highest BCUT2D eigenvalue weighted by atomic mass is 16.2. The molecule has 0 radical (unpaired) electrons. The molecule has 4 heteroatoms. The Morgan fingerprint density at radius 3 is 2.20 bits per heavy atom. The maximum Gasteiger partial charge on any atom is 0.246 e. The summed E-state index contributed by atoms with van der Waals surface area (Å²) in [6, 6.07) is -0.365. The largest absolute Gasteiger partial charge is 0.342 e. The van der Waals surface area contributed by atoms with E-state index in [4.69, 9.17) is 0 Å². The molecule has 0 spiro atoms. The van der Waals surface area contributed by atoms with E-state index in [1.165, 1.54) is 0 Å². The van der Waals surface area contributed by atoms with Crippen molar-refractivity contribution in [1.82, 2.24) is 10.2 Å². The number of hydrogen-bond donors (Lipinski definition) is 1. The molecule has 2 amide bonds. The van der Waals surface area contributed by atoms with E-state index < -0.39 is 5.54 Å². The highest BCUT2D eigenvalue weighted by Crippen LogP contribution is 2.30. The van der Waals surface area contributed by atoms with Crippen LogP contribution in [-0.4, -0.2) is 34.8 Å². The van der Waals surface area contributed by atoms with E-state index in [1.54, 1.807) is 0 Å². The van der Waals surface area contributed by atoms with Crippen LogP contribution in [0.25, 0.3) is 0 Å². The van der Waals surface area contributed by atoms with Gasteiger partial charge in [0.1, 0.15) is 11.6 Å². The standard InChI is InChI=1S/C16H30N2O2/c1-6-9-10-11-18-14(19)13(12(4)5)17-15(20)16(18,7-2)8-3/h12-13H,6-11H2,1-5H3,(H,17,20). The molecule has 0 aromatic rings. The highest BCUT2D eigenvalue weighted by molar-refractivity contribution is 5.99. The molecule has 0 saturated carbocycles. The van der Waals surface area contributed by atoms with Crippen molar-refractivity contribution in [3.63, 3.8) is 0 Å². The first-order valence-corrected chi connectivity index (χ1v) is 8.07. The summed E-state index contributed by atoms with van der Waals surface area (Å²) in [5.41, 5.74) is -0.643. The molecule has 1 unspecified atom stereocenters. The average molecular weight is 282 g/mol. The Balaban J connectivity index is 3.03. The molecule has 1 saturated heterocycles. The van der Waals surface area contributed by atoms with E-state index in [-0.39, 0.29) is 23.8 Å². The molecule has 116 valence electrons. The summed E-state index contributed by atoms with van der Waals surface area (Å²) in [5.74, 6) is 0.253. The number of nitrogens with zero attached hydrogens (tertiary/aromatic N) is 1. The van der Waals surface area contributed by atoms with Crippen LogP contribution in [0, 0.1) is 5.92 Å². The average Bonchev–Trinajstić information content (AvgIpc) is 2.42. The molecule has 4 nitrogen and oxygen atoms in total. The SMILES string of the molecule is CCCCCN1C(=O)C(C(C)C)NC(=O)C1(CC)CC. The summed E-state index contributed by atoms with van der Waals surface area (Å²) in [4.78, 5) is 27.2. The lowest BCUT2D eigenvalue weighted by Crippen LogP contribution is -2.71. The monoisotopic (exact) mass is 282 g/mol. The lowest BCUT2D eigenvalue weighted by atomic mass is 9.84. The van der Waals surface area contributed by atoms with Gasteiger partial charge in [-0.25, -0.2) is 0 Å². The second kappa shape index (κ2) is 7.09. The molecule has 20 heavy (non-hydrogen) atoms. The van der Waals surface area contributed by atoms with Crippen LogP contribution in [0.4, 0.5) is 0 Å². The second-order valence-electron chi connectivity index (χ2n) is 6.13. The molecule has 1 atom stereocenters. The van der Waals surface area contributed by atoms with Crippen LogP contribution in [0.5, 0.6) is 0 Å². The van der Waals surface area contributed by atoms with Crippen molar-refractivity contribution >= 4 is 11.8 Å². The number of carbonyl (C=O) groups is 2. The number of amides is 2. The quantitative estimate of drug-likeness (QED) is 0.730. The van der Waals surface area contributed by atoms with E-state index in [1.807, 2.05) is 32.6 Å². The van der Waals surface area contributed by atoms with Crippen molar-refractivity contribution in [3.8, 4) is 0 Å². The van der Waals surface area contributed by atoms with Crippen LogP contribution >= 0.6 is 0 Å². The molecule has 0 aliphatic carbocycles. The van der Waals surface area contributed by atoms with Gasteiger partial charge >= 0.3 is 0 Å². The number of rotatable bonds is 7. The van der Waals surface area contributed by atoms with Crippen molar-refractivity contribution in [2.45, 2.75) is 78.3 Å². The fourth-order valence-electron chi connectivity index (χ4n) is 3.09.